The maximum absolute atomic E-state index is 12.4. The van der Waals surface area contributed by atoms with E-state index in [-0.39, 0.29) is 24.5 Å². The minimum absolute atomic E-state index is 0.0307. The lowest BCUT2D eigenvalue weighted by atomic mass is 10.2. The third-order valence-electron chi connectivity index (χ3n) is 4.21. The minimum Gasteiger partial charge on any atom is -0.462 e. The first kappa shape index (κ1) is 20.8. The molecule has 0 bridgehead atoms. The van der Waals surface area contributed by atoms with Gasteiger partial charge in [-0.1, -0.05) is 6.92 Å². The molecule has 1 heterocycles. The van der Waals surface area contributed by atoms with Crippen molar-refractivity contribution in [2.24, 2.45) is 0 Å². The first-order chi connectivity index (χ1) is 14.4. The molecule has 2 aromatic carbocycles. The third kappa shape index (κ3) is 4.90. The molecule has 0 saturated carbocycles. The number of nitro benzene ring substituents is 1. The van der Waals surface area contributed by atoms with Crippen LogP contribution in [0.4, 0.5) is 17.1 Å². The van der Waals surface area contributed by atoms with Gasteiger partial charge < -0.3 is 19.7 Å². The van der Waals surface area contributed by atoms with Gasteiger partial charge in [0.25, 0.3) is 5.69 Å². The molecule has 10 nitrogen and oxygen atoms in total. The molecule has 10 heteroatoms. The average Bonchev–Trinajstić information content (AvgIpc) is 2.71. The van der Waals surface area contributed by atoms with Crippen LogP contribution >= 0.6 is 0 Å². The monoisotopic (exact) mass is 413 g/mol. The van der Waals surface area contributed by atoms with Crippen LogP contribution in [0.25, 0.3) is 0 Å². The predicted molar refractivity (Wildman–Crippen MR) is 107 cm³/mol. The van der Waals surface area contributed by atoms with Crippen molar-refractivity contribution in [3.63, 3.8) is 0 Å². The number of hydrogen-bond acceptors (Lipinski definition) is 8. The second kappa shape index (κ2) is 9.03. The van der Waals surface area contributed by atoms with E-state index in [0.717, 1.165) is 12.5 Å². The van der Waals surface area contributed by atoms with Gasteiger partial charge in [-0.25, -0.2) is 9.59 Å². The molecule has 0 aromatic heterocycles. The van der Waals surface area contributed by atoms with Crippen LogP contribution in [0.15, 0.2) is 42.5 Å². The summed E-state index contributed by atoms with van der Waals surface area (Å²) in [4.78, 5) is 47.8. The van der Waals surface area contributed by atoms with Gasteiger partial charge in [0.15, 0.2) is 5.75 Å². The highest BCUT2D eigenvalue weighted by atomic mass is 16.6. The molecule has 1 amide bonds. The lowest BCUT2D eigenvalue weighted by molar-refractivity contribution is -0.384. The molecule has 3 rings (SSSR count). The Morgan fingerprint density at radius 2 is 1.97 bits per heavy atom. The van der Waals surface area contributed by atoms with Gasteiger partial charge in [-0.15, -0.1) is 0 Å². The second-order valence-corrected chi connectivity index (χ2v) is 6.50. The Morgan fingerprint density at radius 1 is 1.23 bits per heavy atom. The van der Waals surface area contributed by atoms with Crippen molar-refractivity contribution in [3.05, 3.63) is 58.1 Å². The number of esters is 2. The Hall–Kier alpha value is -3.95. The molecule has 156 valence electrons. The SMILES string of the molecule is CCCOC(=O)c1ccc(NC(=O)CN2CC(=O)Oc3cc([N+](=O)[O-])ccc32)cc1. The van der Waals surface area contributed by atoms with Gasteiger partial charge >= 0.3 is 11.9 Å². The first-order valence-corrected chi connectivity index (χ1v) is 9.18. The maximum Gasteiger partial charge on any atom is 0.338 e. The Morgan fingerprint density at radius 3 is 2.63 bits per heavy atom. The van der Waals surface area contributed by atoms with Gasteiger partial charge in [-0.2, -0.15) is 0 Å². The topological polar surface area (TPSA) is 128 Å². The molecule has 30 heavy (non-hydrogen) atoms. The van der Waals surface area contributed by atoms with E-state index < -0.39 is 22.8 Å². The number of ether oxygens (including phenoxy) is 2. The average molecular weight is 413 g/mol. The molecule has 0 fully saturated rings. The van der Waals surface area contributed by atoms with Crippen LogP contribution in [-0.4, -0.2) is 42.5 Å². The first-order valence-electron chi connectivity index (χ1n) is 9.18. The van der Waals surface area contributed by atoms with E-state index in [0.29, 0.717) is 23.5 Å². The molecule has 0 saturated heterocycles. The fourth-order valence-corrected chi connectivity index (χ4v) is 2.84. The van der Waals surface area contributed by atoms with Crippen LogP contribution in [0.5, 0.6) is 5.75 Å². The van der Waals surface area contributed by atoms with Crippen molar-refractivity contribution in [1.82, 2.24) is 0 Å². The summed E-state index contributed by atoms with van der Waals surface area (Å²) in [5, 5.41) is 13.6. The molecule has 0 unspecified atom stereocenters. The number of rotatable bonds is 7. The van der Waals surface area contributed by atoms with Gasteiger partial charge in [-0.05, 0) is 36.8 Å². The van der Waals surface area contributed by atoms with Gasteiger partial charge in [-0.3, -0.25) is 14.9 Å². The van der Waals surface area contributed by atoms with Crippen LogP contribution in [0.1, 0.15) is 23.7 Å². The van der Waals surface area contributed by atoms with E-state index in [1.54, 1.807) is 24.3 Å². The summed E-state index contributed by atoms with van der Waals surface area (Å²) in [5.41, 5.74) is 1.03. The summed E-state index contributed by atoms with van der Waals surface area (Å²) in [6.07, 6.45) is 0.723. The smallest absolute Gasteiger partial charge is 0.338 e. The van der Waals surface area contributed by atoms with Crippen molar-refractivity contribution in [3.8, 4) is 5.75 Å². The van der Waals surface area contributed by atoms with E-state index in [2.05, 4.69) is 5.32 Å². The van der Waals surface area contributed by atoms with Gasteiger partial charge in [0.2, 0.25) is 5.91 Å². The Labute approximate surface area is 171 Å². The molecular weight excluding hydrogens is 394 g/mol. The zero-order valence-electron chi connectivity index (χ0n) is 16.1. The normalized spacial score (nSPS) is 12.6. The van der Waals surface area contributed by atoms with Crippen molar-refractivity contribution in [2.45, 2.75) is 13.3 Å². The molecule has 1 aliphatic heterocycles. The molecule has 0 radical (unpaired) electrons. The quantitative estimate of drug-likeness (QED) is 0.317. The van der Waals surface area contributed by atoms with E-state index >= 15 is 0 Å². The number of fused-ring (bicyclic) bond motifs is 1. The predicted octanol–water partition coefficient (Wildman–Crippen LogP) is 2.53. The van der Waals surface area contributed by atoms with E-state index in [1.807, 2.05) is 6.92 Å². The van der Waals surface area contributed by atoms with Crippen LogP contribution < -0.4 is 15.0 Å². The number of hydrogen-bond donors (Lipinski definition) is 1. The van der Waals surface area contributed by atoms with Crippen molar-refractivity contribution < 1.29 is 28.8 Å². The number of benzene rings is 2. The minimum atomic E-state index is -0.620. The molecule has 1 aliphatic rings. The number of non-ortho nitro benzene ring substituents is 1. The zero-order valence-corrected chi connectivity index (χ0v) is 16.1. The van der Waals surface area contributed by atoms with Gasteiger partial charge in [0, 0.05) is 11.8 Å². The van der Waals surface area contributed by atoms with Crippen LogP contribution in [0, 0.1) is 10.1 Å². The number of nitrogens with one attached hydrogen (secondary N) is 1. The number of anilines is 2. The number of carbonyl (C=O) groups excluding carboxylic acids is 3. The molecule has 0 spiro atoms. The highest BCUT2D eigenvalue weighted by Gasteiger charge is 2.27. The fraction of sp³-hybridized carbons (Fsp3) is 0.250. The molecule has 1 N–H and O–H groups in total. The van der Waals surface area contributed by atoms with Crippen LogP contribution in [0.2, 0.25) is 0 Å². The number of nitrogens with zero attached hydrogens (tertiary/aromatic N) is 2. The van der Waals surface area contributed by atoms with Crippen molar-refractivity contribution >= 4 is 34.9 Å². The standard InChI is InChI=1S/C20H19N3O7/c1-2-9-29-20(26)13-3-5-14(6-4-13)21-18(24)11-22-12-19(25)30-17-10-15(23(27)28)7-8-16(17)22/h3-8,10H,2,9,11-12H2,1H3,(H,21,24). The van der Waals surface area contributed by atoms with Crippen molar-refractivity contribution in [2.75, 3.05) is 29.9 Å². The summed E-state index contributed by atoms with van der Waals surface area (Å²) in [6.45, 7) is 1.90. The third-order valence-corrected chi connectivity index (χ3v) is 4.21. The number of nitro groups is 1. The van der Waals surface area contributed by atoms with E-state index in [1.165, 1.54) is 17.0 Å². The lowest BCUT2D eigenvalue weighted by Crippen LogP contribution is -2.41. The Balaban J connectivity index is 1.66. The van der Waals surface area contributed by atoms with Crippen molar-refractivity contribution in [1.29, 1.82) is 0 Å². The Bertz CT molecular complexity index is 988. The summed E-state index contributed by atoms with van der Waals surface area (Å²) >= 11 is 0. The second-order valence-electron chi connectivity index (χ2n) is 6.50. The fourth-order valence-electron chi connectivity index (χ4n) is 2.84. The van der Waals surface area contributed by atoms with Crippen LogP contribution in [-0.2, 0) is 14.3 Å². The lowest BCUT2D eigenvalue weighted by Gasteiger charge is -2.28. The Kier molecular flexibility index (Phi) is 6.26. The molecular formula is C20H19N3O7. The summed E-state index contributed by atoms with van der Waals surface area (Å²) in [7, 11) is 0. The van der Waals surface area contributed by atoms with E-state index in [4.69, 9.17) is 9.47 Å². The molecule has 0 atom stereocenters. The summed E-state index contributed by atoms with van der Waals surface area (Å²) in [5.74, 6) is -1.43. The molecule has 2 aromatic rings. The van der Waals surface area contributed by atoms with Gasteiger partial charge in [0.1, 0.15) is 6.54 Å². The largest absolute Gasteiger partial charge is 0.462 e. The maximum atomic E-state index is 12.4. The highest BCUT2D eigenvalue weighted by Crippen LogP contribution is 2.35. The summed E-state index contributed by atoms with van der Waals surface area (Å²) < 4.78 is 10.1. The highest BCUT2D eigenvalue weighted by molar-refractivity contribution is 5.97. The summed E-state index contributed by atoms with van der Waals surface area (Å²) in [6, 6.07) is 10.1. The van der Waals surface area contributed by atoms with Gasteiger partial charge in [0.05, 0.1) is 35.4 Å². The number of carbonyl (C=O) groups is 3. The van der Waals surface area contributed by atoms with Crippen LogP contribution in [0.3, 0.4) is 0 Å². The van der Waals surface area contributed by atoms with E-state index in [9.17, 15) is 24.5 Å². The zero-order chi connectivity index (χ0) is 21.7. The molecule has 0 aliphatic carbocycles. The number of amides is 1.